The molecule has 0 saturated heterocycles. The molecule has 0 unspecified atom stereocenters. The van der Waals surface area contributed by atoms with Crippen LogP contribution in [0.15, 0.2) is 47.6 Å². The van der Waals surface area contributed by atoms with E-state index in [1.807, 2.05) is 0 Å². The van der Waals surface area contributed by atoms with Crippen molar-refractivity contribution in [2.45, 2.75) is 170 Å². The topological polar surface area (TPSA) is 18.5 Å². The van der Waals surface area contributed by atoms with Crippen LogP contribution in [0.5, 0.6) is 0 Å². The van der Waals surface area contributed by atoms with Gasteiger partial charge in [-0.15, -0.1) is 0 Å². The Hall–Kier alpha value is -0.686. The lowest BCUT2D eigenvalue weighted by Gasteiger charge is -2.45. The maximum absolute atomic E-state index is 7.09. The molecule has 3 aliphatic carbocycles. The minimum atomic E-state index is -1.96. The second-order valence-electron chi connectivity index (χ2n) is 18.7. The third-order valence-electron chi connectivity index (χ3n) is 13.2. The van der Waals surface area contributed by atoms with Crippen LogP contribution in [-0.4, -0.2) is 28.8 Å². The van der Waals surface area contributed by atoms with Gasteiger partial charge in [0.25, 0.3) is 0 Å². The number of allylic oxidation sites excluding steroid dienone is 5. The lowest BCUT2D eigenvalue weighted by atomic mass is 9.61. The van der Waals surface area contributed by atoms with Gasteiger partial charge >= 0.3 is 0 Å². The molecule has 0 spiro atoms. The Balaban J connectivity index is 1.90. The van der Waals surface area contributed by atoms with Crippen molar-refractivity contribution >= 4 is 16.6 Å². The van der Waals surface area contributed by atoms with Crippen molar-refractivity contribution < 1.29 is 8.85 Å². The predicted molar refractivity (Wildman–Crippen MR) is 199 cm³/mol. The monoisotopic (exact) mass is 641 g/mol. The van der Waals surface area contributed by atoms with E-state index in [1.54, 1.807) is 5.57 Å². The quantitative estimate of drug-likeness (QED) is 0.184. The minimum Gasteiger partial charge on any atom is -0.413 e. The molecule has 0 heterocycles. The van der Waals surface area contributed by atoms with Crippen molar-refractivity contribution in [3.63, 3.8) is 0 Å². The van der Waals surface area contributed by atoms with Gasteiger partial charge in [0.1, 0.15) is 0 Å². The van der Waals surface area contributed by atoms with Crippen LogP contribution in [0.25, 0.3) is 0 Å². The molecule has 0 aliphatic heterocycles. The molecule has 0 amide bonds. The highest BCUT2D eigenvalue weighted by atomic mass is 28.4. The first-order valence-corrected chi connectivity index (χ1v) is 23.9. The van der Waals surface area contributed by atoms with Crippen molar-refractivity contribution in [3.8, 4) is 0 Å². The van der Waals surface area contributed by atoms with Gasteiger partial charge in [0.2, 0.25) is 0 Å². The fourth-order valence-electron chi connectivity index (χ4n) is 7.62. The molecule has 3 aliphatic rings. The highest BCUT2D eigenvalue weighted by molar-refractivity contribution is 6.74. The van der Waals surface area contributed by atoms with Crippen LogP contribution < -0.4 is 0 Å². The van der Waals surface area contributed by atoms with E-state index in [2.05, 4.69) is 127 Å². The molecule has 0 radical (unpaired) electrons. The summed E-state index contributed by atoms with van der Waals surface area (Å²) >= 11 is 0. The van der Waals surface area contributed by atoms with Crippen molar-refractivity contribution in [2.24, 2.45) is 35.0 Å². The Morgan fingerprint density at radius 3 is 2.02 bits per heavy atom. The fourth-order valence-corrected chi connectivity index (χ4v) is 10.3. The smallest absolute Gasteiger partial charge is 0.192 e. The van der Waals surface area contributed by atoms with Gasteiger partial charge in [-0.25, -0.2) is 0 Å². The molecule has 44 heavy (non-hydrogen) atoms. The number of fused-ring (bicyclic) bond motifs is 1. The number of hydrogen-bond acceptors (Lipinski definition) is 2. The summed E-state index contributed by atoms with van der Waals surface area (Å²) in [5.41, 5.74) is 4.64. The van der Waals surface area contributed by atoms with Gasteiger partial charge in [-0.05, 0) is 121 Å². The van der Waals surface area contributed by atoms with Crippen LogP contribution in [0.2, 0.25) is 36.3 Å². The second-order valence-corrected chi connectivity index (χ2v) is 28.2. The summed E-state index contributed by atoms with van der Waals surface area (Å²) in [5, 5.41) is 0.352. The Morgan fingerprint density at radius 1 is 0.864 bits per heavy atom. The van der Waals surface area contributed by atoms with Gasteiger partial charge < -0.3 is 8.85 Å². The molecule has 3 rings (SSSR count). The van der Waals surface area contributed by atoms with E-state index in [0.717, 1.165) is 18.8 Å². The van der Waals surface area contributed by atoms with Crippen LogP contribution in [0.4, 0.5) is 0 Å². The fraction of sp³-hybridized carbons (Fsp3) is 0.800. The lowest BCUT2D eigenvalue weighted by molar-refractivity contribution is 0.0969. The van der Waals surface area contributed by atoms with Crippen molar-refractivity contribution in [2.75, 3.05) is 0 Å². The van der Waals surface area contributed by atoms with Gasteiger partial charge in [-0.1, -0.05) is 113 Å². The van der Waals surface area contributed by atoms with Gasteiger partial charge in [0, 0.05) is 6.42 Å². The predicted octanol–water partition coefficient (Wildman–Crippen LogP) is 12.7. The van der Waals surface area contributed by atoms with Gasteiger partial charge in [0.05, 0.1) is 12.2 Å². The number of rotatable bonds is 9. The first kappa shape index (κ1) is 37.8. The number of hydrogen-bond donors (Lipinski definition) is 0. The van der Waals surface area contributed by atoms with E-state index >= 15 is 0 Å². The first-order chi connectivity index (χ1) is 20.0. The van der Waals surface area contributed by atoms with E-state index in [9.17, 15) is 0 Å². The van der Waals surface area contributed by atoms with Crippen molar-refractivity contribution in [1.82, 2.24) is 0 Å². The molecule has 4 heteroatoms. The average Bonchev–Trinajstić information content (AvgIpc) is 3.23. The summed E-state index contributed by atoms with van der Waals surface area (Å²) in [6.07, 6.45) is 18.8. The average molecular weight is 641 g/mol. The zero-order valence-electron chi connectivity index (χ0n) is 31.8. The molecule has 0 bridgehead atoms. The summed E-state index contributed by atoms with van der Waals surface area (Å²) in [6.45, 7) is 40.5. The molecular weight excluding hydrogens is 569 g/mol. The van der Waals surface area contributed by atoms with E-state index in [1.165, 1.54) is 43.3 Å². The van der Waals surface area contributed by atoms with Crippen molar-refractivity contribution in [3.05, 3.63) is 47.6 Å². The zero-order valence-corrected chi connectivity index (χ0v) is 33.8. The Morgan fingerprint density at radius 2 is 1.45 bits per heavy atom. The minimum absolute atomic E-state index is 0.0393. The van der Waals surface area contributed by atoms with E-state index in [-0.39, 0.29) is 22.3 Å². The Labute approximate surface area is 276 Å². The van der Waals surface area contributed by atoms with E-state index in [0.29, 0.717) is 29.1 Å². The molecular formula is C40H72O2Si2. The summed E-state index contributed by atoms with van der Waals surface area (Å²) < 4.78 is 14.2. The summed E-state index contributed by atoms with van der Waals surface area (Å²) in [4.78, 5) is 0. The van der Waals surface area contributed by atoms with Crippen LogP contribution in [0.3, 0.4) is 0 Å². The highest BCUT2D eigenvalue weighted by Gasteiger charge is 2.50. The molecule has 3 fully saturated rings. The van der Waals surface area contributed by atoms with Crippen LogP contribution in [0, 0.1) is 35.0 Å². The molecule has 0 aromatic heterocycles. The molecule has 3 saturated carbocycles. The summed E-state index contributed by atoms with van der Waals surface area (Å²) in [7, 11) is -3.88. The molecule has 2 nitrogen and oxygen atoms in total. The standard InChI is InChI=1S/C40H72O2Si2/c1-28(2)29(3)19-20-30(4)35-23-24-36-32(18-17-25-40(35,36)12)21-22-33-26-34(41-43(13,14)38(6,7)8)27-37(31(33)5)42-44(15,16)39(9,10)11/h19-22,28-30,34-37H,5,17-18,23-27H2,1-4,6-16H3/b20-19+,32-21+,33-22+/t29-,30+,34+,35+,36-,37-,40+/m0/s1. The maximum Gasteiger partial charge on any atom is 0.192 e. The molecule has 0 N–H and O–H groups in total. The third-order valence-corrected chi connectivity index (χ3v) is 22.2. The molecule has 0 aromatic rings. The summed E-state index contributed by atoms with van der Waals surface area (Å²) in [5.74, 6) is 3.47. The van der Waals surface area contributed by atoms with E-state index in [4.69, 9.17) is 15.4 Å². The SMILES string of the molecule is C=C1/C(=C/C=C2\CCC[C@]3(C)[C@@H]([C@H](C)/C=C/[C@H](C)C(C)C)CC[C@@H]23)C[C@@H](O[Si](C)(C)C(C)(C)C)C[C@@H]1O[Si](C)(C)C(C)(C)C. The molecule has 252 valence electrons. The normalized spacial score (nSPS) is 32.6. The second kappa shape index (κ2) is 13.8. The van der Waals surface area contributed by atoms with Crippen LogP contribution in [-0.2, 0) is 8.85 Å². The lowest BCUT2D eigenvalue weighted by Crippen LogP contribution is -2.49. The van der Waals surface area contributed by atoms with Gasteiger partial charge in [-0.3, -0.25) is 0 Å². The Kier molecular flexibility index (Phi) is 11.9. The zero-order chi connectivity index (χ0) is 33.5. The van der Waals surface area contributed by atoms with Crippen LogP contribution >= 0.6 is 0 Å². The van der Waals surface area contributed by atoms with Gasteiger partial charge in [0.15, 0.2) is 16.6 Å². The molecule has 7 atom stereocenters. The van der Waals surface area contributed by atoms with Crippen molar-refractivity contribution in [1.29, 1.82) is 0 Å². The Bertz CT molecular complexity index is 1100. The highest BCUT2D eigenvalue weighted by Crippen LogP contribution is 2.59. The summed E-state index contributed by atoms with van der Waals surface area (Å²) in [6, 6.07) is 0. The van der Waals surface area contributed by atoms with E-state index < -0.39 is 16.6 Å². The first-order valence-electron chi connectivity index (χ1n) is 18.1. The maximum atomic E-state index is 7.09. The van der Waals surface area contributed by atoms with Crippen LogP contribution in [0.1, 0.15) is 121 Å². The largest absolute Gasteiger partial charge is 0.413 e. The third kappa shape index (κ3) is 8.42. The molecule has 0 aromatic carbocycles. The van der Waals surface area contributed by atoms with Gasteiger partial charge in [-0.2, -0.15) is 0 Å².